The van der Waals surface area contributed by atoms with Gasteiger partial charge >= 0.3 is 0 Å². The fourth-order valence-electron chi connectivity index (χ4n) is 1.99. The Morgan fingerprint density at radius 3 is 2.93 bits per heavy atom. The van der Waals surface area contributed by atoms with E-state index in [1.807, 2.05) is 17.8 Å². The molecule has 0 bridgehead atoms. The molecule has 1 saturated heterocycles. The van der Waals surface area contributed by atoms with Crippen LogP contribution >= 0.6 is 27.7 Å². The summed E-state index contributed by atoms with van der Waals surface area (Å²) in [5, 5.41) is 0.664. The normalized spacial score (nSPS) is 22.9. The van der Waals surface area contributed by atoms with E-state index in [9.17, 15) is 0 Å². The van der Waals surface area contributed by atoms with Gasteiger partial charge in [0.25, 0.3) is 0 Å². The van der Waals surface area contributed by atoms with Crippen LogP contribution < -0.4 is 5.73 Å². The number of benzene rings is 1. The van der Waals surface area contributed by atoms with Crippen molar-refractivity contribution in [2.24, 2.45) is 5.73 Å². The van der Waals surface area contributed by atoms with Gasteiger partial charge in [-0.1, -0.05) is 34.1 Å². The van der Waals surface area contributed by atoms with Crippen LogP contribution in [0.1, 0.15) is 18.4 Å². The van der Waals surface area contributed by atoms with E-state index in [1.165, 1.54) is 28.6 Å². The molecule has 0 spiro atoms. The highest BCUT2D eigenvalue weighted by Gasteiger charge is 2.23. The molecule has 1 aromatic rings. The van der Waals surface area contributed by atoms with Gasteiger partial charge in [0, 0.05) is 15.8 Å². The topological polar surface area (TPSA) is 26.0 Å². The van der Waals surface area contributed by atoms with Crippen LogP contribution in [-0.4, -0.2) is 17.0 Å². The fourth-order valence-corrected chi connectivity index (χ4v) is 3.75. The maximum absolute atomic E-state index is 6.24. The lowest BCUT2D eigenvalue weighted by molar-refractivity contribution is 0.608. The molecule has 1 fully saturated rings. The van der Waals surface area contributed by atoms with Crippen molar-refractivity contribution in [2.45, 2.75) is 30.6 Å². The summed E-state index contributed by atoms with van der Waals surface area (Å²) in [5.74, 6) is 1.29. The van der Waals surface area contributed by atoms with E-state index in [0.717, 1.165) is 6.42 Å². The molecule has 0 amide bonds. The summed E-state index contributed by atoms with van der Waals surface area (Å²) in [6, 6.07) is 8.67. The largest absolute Gasteiger partial charge is 0.326 e. The first-order valence-electron chi connectivity index (χ1n) is 5.38. The predicted molar refractivity (Wildman–Crippen MR) is 71.3 cm³/mol. The molecular weight excluding hydrogens is 270 g/mol. The van der Waals surface area contributed by atoms with Crippen molar-refractivity contribution in [3.05, 3.63) is 34.3 Å². The zero-order valence-electron chi connectivity index (χ0n) is 8.66. The molecule has 82 valence electrons. The Morgan fingerprint density at radius 2 is 2.27 bits per heavy atom. The molecule has 0 aliphatic carbocycles. The zero-order chi connectivity index (χ0) is 10.7. The molecule has 3 heteroatoms. The number of hydrogen-bond donors (Lipinski definition) is 1. The number of rotatable bonds is 3. The molecule has 2 atom stereocenters. The Hall–Kier alpha value is 0.01000. The van der Waals surface area contributed by atoms with Crippen LogP contribution in [0, 0.1) is 0 Å². The van der Waals surface area contributed by atoms with E-state index in [1.54, 1.807) is 0 Å². The first-order valence-corrected chi connectivity index (χ1v) is 7.22. The third-order valence-electron chi connectivity index (χ3n) is 2.86. The number of thioether (sulfide) groups is 1. The van der Waals surface area contributed by atoms with Gasteiger partial charge in [-0.3, -0.25) is 0 Å². The maximum Gasteiger partial charge on any atom is 0.0207 e. The SMILES string of the molecule is NC(Cc1ccccc1Br)C1CCCS1. The number of halogens is 1. The summed E-state index contributed by atoms with van der Waals surface area (Å²) in [5.41, 5.74) is 7.57. The molecule has 0 radical (unpaired) electrons. The summed E-state index contributed by atoms with van der Waals surface area (Å²) in [6.07, 6.45) is 3.61. The first kappa shape index (κ1) is 11.5. The van der Waals surface area contributed by atoms with Gasteiger partial charge in [-0.25, -0.2) is 0 Å². The molecule has 1 aromatic carbocycles. The molecule has 0 saturated carbocycles. The van der Waals surface area contributed by atoms with Gasteiger partial charge < -0.3 is 5.73 Å². The van der Waals surface area contributed by atoms with E-state index in [0.29, 0.717) is 11.3 Å². The van der Waals surface area contributed by atoms with Crippen molar-refractivity contribution < 1.29 is 0 Å². The van der Waals surface area contributed by atoms with Gasteiger partial charge in [-0.15, -0.1) is 0 Å². The molecule has 1 nitrogen and oxygen atoms in total. The Bertz CT molecular complexity index is 323. The van der Waals surface area contributed by atoms with Crippen molar-refractivity contribution in [3.8, 4) is 0 Å². The molecule has 1 aliphatic rings. The molecule has 15 heavy (non-hydrogen) atoms. The van der Waals surface area contributed by atoms with E-state index in [-0.39, 0.29) is 0 Å². The van der Waals surface area contributed by atoms with Crippen LogP contribution in [0.5, 0.6) is 0 Å². The van der Waals surface area contributed by atoms with Crippen molar-refractivity contribution in [1.82, 2.24) is 0 Å². The average molecular weight is 286 g/mol. The summed E-state index contributed by atoms with van der Waals surface area (Å²) >= 11 is 5.61. The summed E-state index contributed by atoms with van der Waals surface area (Å²) in [4.78, 5) is 0. The monoisotopic (exact) mass is 285 g/mol. The standard InChI is InChI=1S/C12H16BrNS/c13-10-5-2-1-4-9(10)8-11(14)12-6-3-7-15-12/h1-2,4-5,11-12H,3,6-8,14H2. The summed E-state index contributed by atoms with van der Waals surface area (Å²) in [7, 11) is 0. The highest BCUT2D eigenvalue weighted by Crippen LogP contribution is 2.30. The second kappa shape index (κ2) is 5.37. The Balaban J connectivity index is 1.99. The molecule has 2 N–H and O–H groups in total. The summed E-state index contributed by atoms with van der Waals surface area (Å²) in [6.45, 7) is 0. The molecule has 0 aromatic heterocycles. The number of nitrogens with two attached hydrogens (primary N) is 1. The highest BCUT2D eigenvalue weighted by molar-refractivity contribution is 9.10. The molecule has 2 rings (SSSR count). The quantitative estimate of drug-likeness (QED) is 0.923. The van der Waals surface area contributed by atoms with Crippen LogP contribution in [-0.2, 0) is 6.42 Å². The van der Waals surface area contributed by atoms with Gasteiger partial charge in [0.1, 0.15) is 0 Å². The van der Waals surface area contributed by atoms with Gasteiger partial charge in [-0.2, -0.15) is 11.8 Å². The minimum absolute atomic E-state index is 0.302. The third-order valence-corrected chi connectivity index (χ3v) is 5.17. The van der Waals surface area contributed by atoms with E-state index >= 15 is 0 Å². The Kier molecular flexibility index (Phi) is 4.12. The summed E-state index contributed by atoms with van der Waals surface area (Å²) < 4.78 is 1.18. The van der Waals surface area contributed by atoms with E-state index in [2.05, 4.69) is 34.1 Å². The van der Waals surface area contributed by atoms with Gasteiger partial charge in [-0.05, 0) is 36.6 Å². The Morgan fingerprint density at radius 1 is 1.47 bits per heavy atom. The number of hydrogen-bond acceptors (Lipinski definition) is 2. The fraction of sp³-hybridized carbons (Fsp3) is 0.500. The van der Waals surface area contributed by atoms with Gasteiger partial charge in [0.05, 0.1) is 0 Å². The van der Waals surface area contributed by atoms with Crippen molar-refractivity contribution in [2.75, 3.05) is 5.75 Å². The second-order valence-electron chi connectivity index (χ2n) is 4.01. The minimum atomic E-state index is 0.302. The lowest BCUT2D eigenvalue weighted by Gasteiger charge is -2.18. The second-order valence-corrected chi connectivity index (χ2v) is 6.21. The third kappa shape index (κ3) is 2.99. The molecule has 1 aliphatic heterocycles. The van der Waals surface area contributed by atoms with Crippen molar-refractivity contribution >= 4 is 27.7 Å². The smallest absolute Gasteiger partial charge is 0.0207 e. The molecule has 1 heterocycles. The van der Waals surface area contributed by atoms with Crippen molar-refractivity contribution in [1.29, 1.82) is 0 Å². The van der Waals surface area contributed by atoms with Crippen LogP contribution in [0.15, 0.2) is 28.7 Å². The highest BCUT2D eigenvalue weighted by atomic mass is 79.9. The first-order chi connectivity index (χ1) is 7.27. The van der Waals surface area contributed by atoms with E-state index in [4.69, 9.17) is 5.73 Å². The zero-order valence-corrected chi connectivity index (χ0v) is 11.1. The minimum Gasteiger partial charge on any atom is -0.326 e. The van der Waals surface area contributed by atoms with E-state index < -0.39 is 0 Å². The maximum atomic E-state index is 6.24. The van der Waals surface area contributed by atoms with Crippen LogP contribution in [0.3, 0.4) is 0 Å². The molecular formula is C12H16BrNS. The predicted octanol–water partition coefficient (Wildman–Crippen LogP) is 3.21. The average Bonchev–Trinajstić information content (AvgIpc) is 2.74. The molecule has 2 unspecified atom stereocenters. The van der Waals surface area contributed by atoms with Crippen LogP contribution in [0.4, 0.5) is 0 Å². The van der Waals surface area contributed by atoms with Gasteiger partial charge in [0.15, 0.2) is 0 Å². The lowest BCUT2D eigenvalue weighted by Crippen LogP contribution is -2.33. The van der Waals surface area contributed by atoms with Gasteiger partial charge in [0.2, 0.25) is 0 Å². The Labute approximate surface area is 104 Å². The van der Waals surface area contributed by atoms with Crippen LogP contribution in [0.2, 0.25) is 0 Å². The van der Waals surface area contributed by atoms with Crippen LogP contribution in [0.25, 0.3) is 0 Å². The lowest BCUT2D eigenvalue weighted by atomic mass is 10.0. The van der Waals surface area contributed by atoms with Crippen molar-refractivity contribution in [3.63, 3.8) is 0 Å².